The second-order valence-electron chi connectivity index (χ2n) is 5.32. The van der Waals surface area contributed by atoms with Gasteiger partial charge < -0.3 is 20.6 Å². The minimum absolute atomic E-state index is 0.141. The number of rotatable bonds is 6. The van der Waals surface area contributed by atoms with Gasteiger partial charge >= 0.3 is 11.9 Å². The van der Waals surface area contributed by atoms with Gasteiger partial charge in [-0.25, -0.2) is 9.59 Å². The Morgan fingerprint density at radius 2 is 1.96 bits per heavy atom. The van der Waals surface area contributed by atoms with Crippen LogP contribution in [0.15, 0.2) is 52.7 Å². The number of phenolic OH excluding ortho intramolecular Hbond substituents is 1. The van der Waals surface area contributed by atoms with Crippen molar-refractivity contribution in [1.29, 1.82) is 0 Å². The SMILES string of the molecule is O=C(O)C1=CC(=CC=NCCc2ccc(O)cc2)C[C@H](C(=O)O)N1. The summed E-state index contributed by atoms with van der Waals surface area (Å²) in [5.74, 6) is -2.08. The first-order chi connectivity index (χ1) is 11.5. The fourth-order valence-electron chi connectivity index (χ4n) is 2.23. The quantitative estimate of drug-likeness (QED) is 0.585. The predicted octanol–water partition coefficient (Wildman–Crippen LogP) is 1.35. The third-order valence-electron chi connectivity index (χ3n) is 3.49. The summed E-state index contributed by atoms with van der Waals surface area (Å²) >= 11 is 0. The average molecular weight is 330 g/mol. The third-order valence-corrected chi connectivity index (χ3v) is 3.49. The van der Waals surface area contributed by atoms with E-state index in [0.717, 1.165) is 5.56 Å². The Kier molecular flexibility index (Phi) is 5.73. The van der Waals surface area contributed by atoms with Crippen molar-refractivity contribution >= 4 is 18.2 Å². The van der Waals surface area contributed by atoms with E-state index in [4.69, 9.17) is 10.2 Å². The van der Waals surface area contributed by atoms with Gasteiger partial charge in [0.1, 0.15) is 17.5 Å². The Morgan fingerprint density at radius 1 is 1.25 bits per heavy atom. The van der Waals surface area contributed by atoms with E-state index in [1.54, 1.807) is 24.4 Å². The maximum absolute atomic E-state index is 11.1. The van der Waals surface area contributed by atoms with Crippen LogP contribution in [0.2, 0.25) is 0 Å². The lowest BCUT2D eigenvalue weighted by atomic mass is 10.00. The Balaban J connectivity index is 1.95. The van der Waals surface area contributed by atoms with Gasteiger partial charge in [0.15, 0.2) is 0 Å². The molecule has 0 spiro atoms. The molecule has 0 saturated heterocycles. The molecule has 0 fully saturated rings. The van der Waals surface area contributed by atoms with E-state index >= 15 is 0 Å². The first kappa shape index (κ1) is 17.3. The number of hydrogen-bond acceptors (Lipinski definition) is 5. The molecule has 4 N–H and O–H groups in total. The Bertz CT molecular complexity index is 704. The van der Waals surface area contributed by atoms with Crippen molar-refractivity contribution in [3.8, 4) is 5.75 Å². The summed E-state index contributed by atoms with van der Waals surface area (Å²) in [5.41, 5.74) is 1.49. The highest BCUT2D eigenvalue weighted by Crippen LogP contribution is 2.16. The van der Waals surface area contributed by atoms with Gasteiger partial charge in [-0.2, -0.15) is 0 Å². The monoisotopic (exact) mass is 330 g/mol. The van der Waals surface area contributed by atoms with E-state index in [2.05, 4.69) is 10.3 Å². The van der Waals surface area contributed by atoms with Crippen LogP contribution >= 0.6 is 0 Å². The number of hydrogen-bond donors (Lipinski definition) is 4. The molecule has 1 aromatic carbocycles. The predicted molar refractivity (Wildman–Crippen MR) is 88.1 cm³/mol. The van der Waals surface area contributed by atoms with Gasteiger partial charge in [-0.05, 0) is 41.8 Å². The molecule has 1 aliphatic rings. The summed E-state index contributed by atoms with van der Waals surface area (Å²) in [6.45, 7) is 0.532. The Hall–Kier alpha value is -3.09. The van der Waals surface area contributed by atoms with E-state index in [9.17, 15) is 14.7 Å². The number of carboxylic acid groups (broad SMARTS) is 2. The largest absolute Gasteiger partial charge is 0.508 e. The molecule has 0 saturated carbocycles. The first-order valence-electron chi connectivity index (χ1n) is 7.37. The number of allylic oxidation sites excluding steroid dienone is 2. The number of benzene rings is 1. The van der Waals surface area contributed by atoms with Crippen LogP contribution in [0.3, 0.4) is 0 Å². The van der Waals surface area contributed by atoms with E-state index in [-0.39, 0.29) is 17.9 Å². The molecule has 0 amide bonds. The van der Waals surface area contributed by atoms with E-state index in [1.165, 1.54) is 6.08 Å². The molecule has 7 heteroatoms. The normalized spacial score (nSPS) is 19.1. The second-order valence-corrected chi connectivity index (χ2v) is 5.32. The molecule has 126 valence electrons. The van der Waals surface area contributed by atoms with Crippen molar-refractivity contribution in [2.75, 3.05) is 6.54 Å². The molecule has 7 nitrogen and oxygen atoms in total. The molecule has 0 radical (unpaired) electrons. The molecule has 1 atom stereocenters. The zero-order valence-electron chi connectivity index (χ0n) is 12.8. The molecule has 24 heavy (non-hydrogen) atoms. The van der Waals surface area contributed by atoms with Crippen LogP contribution in [0.5, 0.6) is 5.75 Å². The molecule has 2 rings (SSSR count). The number of nitrogens with zero attached hydrogens (tertiary/aromatic N) is 1. The zero-order chi connectivity index (χ0) is 17.5. The highest BCUT2D eigenvalue weighted by molar-refractivity contribution is 5.89. The maximum atomic E-state index is 11.1. The van der Waals surface area contributed by atoms with Crippen molar-refractivity contribution in [3.05, 3.63) is 53.3 Å². The third kappa shape index (κ3) is 4.98. The van der Waals surface area contributed by atoms with Crippen LogP contribution in [-0.2, 0) is 16.0 Å². The topological polar surface area (TPSA) is 119 Å². The minimum atomic E-state index is -1.20. The van der Waals surface area contributed by atoms with Crippen molar-refractivity contribution in [3.63, 3.8) is 0 Å². The number of phenols is 1. The van der Waals surface area contributed by atoms with Crippen LogP contribution in [0, 0.1) is 0 Å². The number of nitrogens with one attached hydrogen (secondary N) is 1. The molecule has 0 bridgehead atoms. The van der Waals surface area contributed by atoms with E-state index < -0.39 is 18.0 Å². The number of aliphatic imine (C=N–C) groups is 1. The maximum Gasteiger partial charge on any atom is 0.351 e. The number of aliphatic carboxylic acids is 2. The average Bonchev–Trinajstić information content (AvgIpc) is 2.56. The Morgan fingerprint density at radius 3 is 2.58 bits per heavy atom. The van der Waals surface area contributed by atoms with Gasteiger partial charge in [0.2, 0.25) is 0 Å². The van der Waals surface area contributed by atoms with E-state index in [0.29, 0.717) is 18.5 Å². The molecule has 1 aliphatic heterocycles. The summed E-state index contributed by atoms with van der Waals surface area (Å²) in [7, 11) is 0. The lowest BCUT2D eigenvalue weighted by Gasteiger charge is -2.21. The zero-order valence-corrected chi connectivity index (χ0v) is 12.8. The van der Waals surface area contributed by atoms with Crippen LogP contribution in [-0.4, -0.2) is 46.1 Å². The molecular weight excluding hydrogens is 312 g/mol. The van der Waals surface area contributed by atoms with Gasteiger partial charge in [-0.3, -0.25) is 4.99 Å². The first-order valence-corrected chi connectivity index (χ1v) is 7.37. The summed E-state index contributed by atoms with van der Waals surface area (Å²) in [5, 5.41) is 29.7. The van der Waals surface area contributed by atoms with Crippen molar-refractivity contribution in [1.82, 2.24) is 5.32 Å². The molecular formula is C17H18N2O5. The van der Waals surface area contributed by atoms with Crippen LogP contribution in [0.25, 0.3) is 0 Å². The highest BCUT2D eigenvalue weighted by atomic mass is 16.4. The number of aromatic hydroxyl groups is 1. The molecule has 0 aromatic heterocycles. The number of carbonyl (C=O) groups is 2. The van der Waals surface area contributed by atoms with Gasteiger partial charge in [-0.1, -0.05) is 12.1 Å². The summed E-state index contributed by atoms with van der Waals surface area (Å²) in [6, 6.07) is 5.89. The van der Waals surface area contributed by atoms with Gasteiger partial charge in [-0.15, -0.1) is 0 Å². The fourth-order valence-corrected chi connectivity index (χ4v) is 2.23. The Labute approximate surface area is 138 Å². The summed E-state index contributed by atoms with van der Waals surface area (Å²) in [6.07, 6.45) is 5.48. The summed E-state index contributed by atoms with van der Waals surface area (Å²) < 4.78 is 0. The van der Waals surface area contributed by atoms with Gasteiger partial charge in [0.25, 0.3) is 0 Å². The van der Waals surface area contributed by atoms with Crippen molar-refractivity contribution in [2.24, 2.45) is 4.99 Å². The summed E-state index contributed by atoms with van der Waals surface area (Å²) in [4.78, 5) is 26.3. The molecule has 1 aromatic rings. The van der Waals surface area contributed by atoms with Crippen LogP contribution < -0.4 is 5.32 Å². The van der Waals surface area contributed by atoms with E-state index in [1.807, 2.05) is 12.1 Å². The lowest BCUT2D eigenvalue weighted by molar-refractivity contribution is -0.139. The molecule has 0 unspecified atom stereocenters. The lowest BCUT2D eigenvalue weighted by Crippen LogP contribution is -2.41. The number of carboxylic acids is 2. The fraction of sp³-hybridized carbons (Fsp3) is 0.235. The standard InChI is InChI=1S/C17H18N2O5/c20-13-3-1-11(2-4-13)5-7-18-8-6-12-9-14(16(21)22)19-15(10-12)17(23)24/h1-4,6,8-9,15,19-20H,5,7,10H2,(H,21,22)(H,23,24)/t15-/m1/s1. The van der Waals surface area contributed by atoms with Crippen molar-refractivity contribution in [2.45, 2.75) is 18.9 Å². The smallest absolute Gasteiger partial charge is 0.351 e. The van der Waals surface area contributed by atoms with Crippen LogP contribution in [0.4, 0.5) is 0 Å². The van der Waals surface area contributed by atoms with Gasteiger partial charge in [0, 0.05) is 19.2 Å². The molecule has 1 heterocycles. The second kappa shape index (κ2) is 7.96. The highest BCUT2D eigenvalue weighted by Gasteiger charge is 2.26. The van der Waals surface area contributed by atoms with Gasteiger partial charge in [0.05, 0.1) is 0 Å². The van der Waals surface area contributed by atoms with Crippen LogP contribution in [0.1, 0.15) is 12.0 Å². The minimum Gasteiger partial charge on any atom is -0.508 e. The van der Waals surface area contributed by atoms with Crippen molar-refractivity contribution < 1.29 is 24.9 Å². The molecule has 0 aliphatic carbocycles.